The Morgan fingerprint density at radius 2 is 1.84 bits per heavy atom. The molecule has 0 unspecified atom stereocenters. The van der Waals surface area contributed by atoms with Crippen LogP contribution in [-0.2, 0) is 27.6 Å². The number of rotatable bonds is 4. The summed E-state index contributed by atoms with van der Waals surface area (Å²) in [5.74, 6) is 0.714. The van der Waals surface area contributed by atoms with Crippen LogP contribution in [0.2, 0.25) is 0 Å². The van der Waals surface area contributed by atoms with E-state index in [4.69, 9.17) is 9.47 Å². The number of thioether (sulfide) groups is 1. The monoisotopic (exact) mass is 462 g/mol. The first-order chi connectivity index (χ1) is 14.9. The highest BCUT2D eigenvalue weighted by molar-refractivity contribution is 8.15. The van der Waals surface area contributed by atoms with E-state index in [1.165, 1.54) is 23.9 Å². The number of sulfone groups is 1. The van der Waals surface area contributed by atoms with Crippen LogP contribution in [0, 0.1) is 5.82 Å². The molecule has 3 heterocycles. The average Bonchev–Trinajstić information content (AvgIpc) is 3.37. The molecule has 0 spiro atoms. The highest BCUT2D eigenvalue weighted by Crippen LogP contribution is 2.40. The molecule has 2 saturated heterocycles. The Morgan fingerprint density at radius 3 is 2.65 bits per heavy atom. The van der Waals surface area contributed by atoms with Gasteiger partial charge in [0, 0.05) is 11.8 Å². The van der Waals surface area contributed by atoms with Gasteiger partial charge in [0.1, 0.15) is 5.82 Å². The molecular formula is C21H19FN2O5S2. The molecule has 2 fully saturated rings. The number of amidine groups is 1. The van der Waals surface area contributed by atoms with Crippen LogP contribution in [0.3, 0.4) is 0 Å². The van der Waals surface area contributed by atoms with E-state index in [9.17, 15) is 17.6 Å². The fourth-order valence-electron chi connectivity index (χ4n) is 3.98. The van der Waals surface area contributed by atoms with Crippen LogP contribution in [-0.4, -0.2) is 54.0 Å². The van der Waals surface area contributed by atoms with E-state index in [1.807, 2.05) is 23.1 Å². The molecule has 0 saturated carbocycles. The van der Waals surface area contributed by atoms with Crippen molar-refractivity contribution in [2.24, 2.45) is 4.99 Å². The third-order valence-corrected chi connectivity index (χ3v) is 8.70. The van der Waals surface area contributed by atoms with E-state index in [0.717, 1.165) is 5.56 Å². The molecule has 2 aromatic carbocycles. The first kappa shape index (κ1) is 20.3. The molecule has 10 heteroatoms. The first-order valence-electron chi connectivity index (χ1n) is 9.74. The fraction of sp³-hybridized carbons (Fsp3) is 0.333. The topological polar surface area (TPSA) is 85.3 Å². The van der Waals surface area contributed by atoms with Crippen molar-refractivity contribution in [2.75, 3.05) is 18.3 Å². The van der Waals surface area contributed by atoms with Gasteiger partial charge in [0.25, 0.3) is 5.91 Å². The zero-order valence-electron chi connectivity index (χ0n) is 16.4. The number of halogens is 1. The summed E-state index contributed by atoms with van der Waals surface area (Å²) in [6.45, 7) is 0.578. The average molecular weight is 463 g/mol. The molecule has 162 valence electrons. The first-order valence-corrected chi connectivity index (χ1v) is 12.4. The van der Waals surface area contributed by atoms with Crippen LogP contribution in [0.15, 0.2) is 47.5 Å². The quantitative estimate of drug-likeness (QED) is 0.690. The zero-order chi connectivity index (χ0) is 21.6. The van der Waals surface area contributed by atoms with Crippen molar-refractivity contribution in [3.8, 4) is 11.5 Å². The lowest BCUT2D eigenvalue weighted by Crippen LogP contribution is -2.37. The minimum atomic E-state index is -3.13. The van der Waals surface area contributed by atoms with Gasteiger partial charge in [-0.2, -0.15) is 4.99 Å². The van der Waals surface area contributed by atoms with Gasteiger partial charge in [-0.25, -0.2) is 12.8 Å². The van der Waals surface area contributed by atoms with Crippen molar-refractivity contribution in [1.82, 2.24) is 4.90 Å². The molecule has 7 nitrogen and oxygen atoms in total. The van der Waals surface area contributed by atoms with Crippen molar-refractivity contribution >= 4 is 32.7 Å². The van der Waals surface area contributed by atoms with Crippen LogP contribution in [0.1, 0.15) is 11.1 Å². The van der Waals surface area contributed by atoms with Gasteiger partial charge in [-0.05, 0) is 35.4 Å². The molecule has 0 N–H and O–H groups in total. The number of amides is 1. The maximum atomic E-state index is 13.1. The second kappa shape index (κ2) is 7.83. The molecule has 0 aromatic heterocycles. The second-order valence-corrected chi connectivity index (χ2v) is 11.1. The van der Waals surface area contributed by atoms with Gasteiger partial charge in [-0.1, -0.05) is 30.0 Å². The Balaban J connectivity index is 1.39. The van der Waals surface area contributed by atoms with E-state index >= 15 is 0 Å². The fourth-order valence-corrected chi connectivity index (χ4v) is 7.95. The molecule has 3 aliphatic heterocycles. The van der Waals surface area contributed by atoms with E-state index in [-0.39, 0.29) is 47.7 Å². The zero-order valence-corrected chi connectivity index (χ0v) is 18.0. The number of fused-ring (bicyclic) bond motifs is 2. The summed E-state index contributed by atoms with van der Waals surface area (Å²) in [4.78, 5) is 18.8. The van der Waals surface area contributed by atoms with Gasteiger partial charge in [0.2, 0.25) is 6.79 Å². The van der Waals surface area contributed by atoms with Gasteiger partial charge in [0.05, 0.1) is 24.0 Å². The summed E-state index contributed by atoms with van der Waals surface area (Å²) < 4.78 is 48.2. The largest absolute Gasteiger partial charge is 0.454 e. The van der Waals surface area contributed by atoms with E-state index in [1.54, 1.807) is 12.1 Å². The highest BCUT2D eigenvalue weighted by Gasteiger charge is 2.48. The van der Waals surface area contributed by atoms with Crippen LogP contribution < -0.4 is 9.47 Å². The highest BCUT2D eigenvalue weighted by atomic mass is 32.2. The molecule has 0 bridgehead atoms. The Morgan fingerprint density at radius 1 is 1.10 bits per heavy atom. The minimum absolute atomic E-state index is 0.0421. The molecule has 2 atom stereocenters. The standard InChI is InChI=1S/C21H19FN2O5S2/c22-15-4-1-13(2-5-15)8-20(25)23-21-24(16-10-31(26,27)11-19(16)30-21)9-14-3-6-17-18(7-14)29-12-28-17/h1-7,16,19H,8-12H2/t16-,19-/m0/s1. The van der Waals surface area contributed by atoms with Crippen LogP contribution in [0.5, 0.6) is 11.5 Å². The number of carbonyl (C=O) groups excluding carboxylic acids is 1. The van der Waals surface area contributed by atoms with Crippen molar-refractivity contribution in [1.29, 1.82) is 0 Å². The van der Waals surface area contributed by atoms with E-state index in [2.05, 4.69) is 4.99 Å². The molecule has 5 rings (SSSR count). The van der Waals surface area contributed by atoms with Crippen molar-refractivity contribution in [3.05, 3.63) is 59.4 Å². The van der Waals surface area contributed by atoms with Crippen LogP contribution in [0.4, 0.5) is 4.39 Å². The third kappa shape index (κ3) is 4.27. The lowest BCUT2D eigenvalue weighted by molar-refractivity contribution is -0.117. The summed E-state index contributed by atoms with van der Waals surface area (Å²) in [7, 11) is -3.13. The Hall–Kier alpha value is -2.59. The molecule has 3 aliphatic rings. The predicted octanol–water partition coefficient (Wildman–Crippen LogP) is 2.39. The summed E-state index contributed by atoms with van der Waals surface area (Å²) in [5, 5.41) is 0.367. The van der Waals surface area contributed by atoms with Crippen LogP contribution >= 0.6 is 11.8 Å². The van der Waals surface area contributed by atoms with Crippen molar-refractivity contribution in [3.63, 3.8) is 0 Å². The van der Waals surface area contributed by atoms with Crippen molar-refractivity contribution < 1.29 is 27.1 Å². The lowest BCUT2D eigenvalue weighted by atomic mass is 10.1. The predicted molar refractivity (Wildman–Crippen MR) is 114 cm³/mol. The lowest BCUT2D eigenvalue weighted by Gasteiger charge is -2.24. The number of benzene rings is 2. The maximum absolute atomic E-state index is 13.1. The Bertz CT molecular complexity index is 1170. The third-order valence-electron chi connectivity index (χ3n) is 5.45. The summed E-state index contributed by atoms with van der Waals surface area (Å²) in [5.41, 5.74) is 1.58. The van der Waals surface area contributed by atoms with Gasteiger partial charge < -0.3 is 14.4 Å². The number of hydrogen-bond donors (Lipinski definition) is 0. The number of aliphatic imine (C=N–C) groups is 1. The number of nitrogens with zero attached hydrogens (tertiary/aromatic N) is 2. The molecule has 0 aliphatic carbocycles. The molecular weight excluding hydrogens is 443 g/mol. The summed E-state index contributed by atoms with van der Waals surface area (Å²) >= 11 is 1.34. The van der Waals surface area contributed by atoms with Gasteiger partial charge >= 0.3 is 0 Å². The summed E-state index contributed by atoms with van der Waals surface area (Å²) in [6, 6.07) is 11.1. The van der Waals surface area contributed by atoms with E-state index in [0.29, 0.717) is 28.8 Å². The maximum Gasteiger partial charge on any atom is 0.252 e. The second-order valence-electron chi connectivity index (χ2n) is 7.71. The SMILES string of the molecule is O=C(Cc1ccc(F)cc1)N=C1S[C@H]2CS(=O)(=O)C[C@@H]2N1Cc1ccc2c(c1)OCO2. The van der Waals surface area contributed by atoms with Crippen molar-refractivity contribution in [2.45, 2.75) is 24.3 Å². The summed E-state index contributed by atoms with van der Waals surface area (Å²) in [6.07, 6.45) is 0.0514. The molecule has 2 aromatic rings. The molecule has 31 heavy (non-hydrogen) atoms. The van der Waals surface area contributed by atoms with Gasteiger partial charge in [-0.3, -0.25) is 4.79 Å². The minimum Gasteiger partial charge on any atom is -0.454 e. The molecule has 0 radical (unpaired) electrons. The van der Waals surface area contributed by atoms with Crippen LogP contribution in [0.25, 0.3) is 0 Å². The number of carbonyl (C=O) groups is 1. The van der Waals surface area contributed by atoms with Gasteiger partial charge in [-0.15, -0.1) is 0 Å². The number of ether oxygens (including phenoxy) is 2. The van der Waals surface area contributed by atoms with E-state index < -0.39 is 9.84 Å². The number of hydrogen-bond acceptors (Lipinski definition) is 6. The smallest absolute Gasteiger partial charge is 0.252 e. The normalized spacial score (nSPS) is 24.5. The Labute approximate surface area is 183 Å². The van der Waals surface area contributed by atoms with Gasteiger partial charge in [0.15, 0.2) is 26.5 Å². The Kier molecular flexibility index (Phi) is 5.13. The molecule has 1 amide bonds.